The van der Waals surface area contributed by atoms with Crippen LogP contribution in [0.3, 0.4) is 0 Å². The number of carbonyl (C=O) groups excluding carboxylic acids is 2. The molecule has 5 N–H and O–H groups in total. The molecule has 0 rings (SSSR count). The Morgan fingerprint density at radius 2 is 2.00 bits per heavy atom. The summed E-state index contributed by atoms with van der Waals surface area (Å²) in [5, 5.41) is 13.5. The lowest BCUT2D eigenvalue weighted by molar-refractivity contribution is -0.139. The molecule has 9 heteroatoms. The fourth-order valence-corrected chi connectivity index (χ4v) is 1.11. The van der Waals surface area contributed by atoms with E-state index in [2.05, 4.69) is 10.6 Å². The molecular weight excluding hydrogens is 258 g/mol. The molecule has 0 fully saturated rings. The molecule has 0 aromatic heterocycles. The molecule has 0 aromatic carbocycles. The Labute approximate surface area is 110 Å². The van der Waals surface area contributed by atoms with E-state index in [-0.39, 0.29) is 32.8 Å². The molecular formula is C10H19N3O6. The quantitative estimate of drug-likeness (QED) is 0.350. The van der Waals surface area contributed by atoms with Crippen molar-refractivity contribution in [2.75, 3.05) is 33.5 Å². The first-order chi connectivity index (χ1) is 8.97. The number of aliphatic carboxylic acids is 1. The van der Waals surface area contributed by atoms with Crippen molar-refractivity contribution in [3.8, 4) is 0 Å². The minimum Gasteiger partial charge on any atom is -0.480 e. The van der Waals surface area contributed by atoms with Gasteiger partial charge in [-0.15, -0.1) is 0 Å². The van der Waals surface area contributed by atoms with E-state index in [0.717, 1.165) is 0 Å². The summed E-state index contributed by atoms with van der Waals surface area (Å²) < 4.78 is 9.55. The lowest BCUT2D eigenvalue weighted by Crippen LogP contribution is -2.47. The van der Waals surface area contributed by atoms with Gasteiger partial charge in [-0.25, -0.2) is 9.59 Å². The van der Waals surface area contributed by atoms with Crippen LogP contribution in [0.25, 0.3) is 0 Å². The third kappa shape index (κ3) is 9.80. The highest BCUT2D eigenvalue weighted by Crippen LogP contribution is 1.92. The lowest BCUT2D eigenvalue weighted by atomic mass is 10.2. The molecule has 0 radical (unpaired) electrons. The van der Waals surface area contributed by atoms with E-state index in [1.54, 1.807) is 0 Å². The fraction of sp³-hybridized carbons (Fsp3) is 0.700. The van der Waals surface area contributed by atoms with Crippen LogP contribution in [0.5, 0.6) is 0 Å². The number of carboxylic acid groups (broad SMARTS) is 1. The summed E-state index contributed by atoms with van der Waals surface area (Å²) in [6.45, 7) is 0.232. The van der Waals surface area contributed by atoms with Crippen molar-refractivity contribution >= 4 is 17.9 Å². The van der Waals surface area contributed by atoms with E-state index < -0.39 is 23.9 Å². The van der Waals surface area contributed by atoms with Gasteiger partial charge in [0.15, 0.2) is 0 Å². The largest absolute Gasteiger partial charge is 0.480 e. The summed E-state index contributed by atoms with van der Waals surface area (Å²) >= 11 is 0. The number of amides is 3. The molecule has 0 bridgehead atoms. The summed E-state index contributed by atoms with van der Waals surface area (Å²) in [4.78, 5) is 32.5. The van der Waals surface area contributed by atoms with Gasteiger partial charge in [-0.2, -0.15) is 0 Å². The SMILES string of the molecule is COCCC(NC(=O)NCCOCC(N)=O)C(=O)O. The number of hydrogen-bond donors (Lipinski definition) is 4. The molecule has 3 amide bonds. The Morgan fingerprint density at radius 1 is 1.32 bits per heavy atom. The number of nitrogens with two attached hydrogens (primary N) is 1. The van der Waals surface area contributed by atoms with Gasteiger partial charge in [-0.05, 0) is 0 Å². The van der Waals surface area contributed by atoms with E-state index in [9.17, 15) is 14.4 Å². The van der Waals surface area contributed by atoms with Crippen LogP contribution in [-0.4, -0.2) is 62.5 Å². The van der Waals surface area contributed by atoms with Gasteiger partial charge in [-0.3, -0.25) is 4.79 Å². The van der Waals surface area contributed by atoms with Gasteiger partial charge in [-0.1, -0.05) is 0 Å². The molecule has 0 saturated carbocycles. The van der Waals surface area contributed by atoms with Crippen LogP contribution in [-0.2, 0) is 19.1 Å². The van der Waals surface area contributed by atoms with Crippen LogP contribution in [0, 0.1) is 0 Å². The molecule has 110 valence electrons. The smallest absolute Gasteiger partial charge is 0.326 e. The molecule has 0 spiro atoms. The molecule has 19 heavy (non-hydrogen) atoms. The number of hydrogen-bond acceptors (Lipinski definition) is 5. The van der Waals surface area contributed by atoms with Crippen molar-refractivity contribution in [3.05, 3.63) is 0 Å². The highest BCUT2D eigenvalue weighted by atomic mass is 16.5. The van der Waals surface area contributed by atoms with Gasteiger partial charge < -0.3 is 30.9 Å². The Bertz CT molecular complexity index is 310. The monoisotopic (exact) mass is 277 g/mol. The number of ether oxygens (including phenoxy) is 2. The van der Waals surface area contributed by atoms with Crippen molar-refractivity contribution in [2.45, 2.75) is 12.5 Å². The van der Waals surface area contributed by atoms with Crippen LogP contribution < -0.4 is 16.4 Å². The van der Waals surface area contributed by atoms with E-state index >= 15 is 0 Å². The second-order valence-electron chi connectivity index (χ2n) is 3.59. The number of nitrogens with one attached hydrogen (secondary N) is 2. The first-order valence-corrected chi connectivity index (χ1v) is 5.59. The average Bonchev–Trinajstić information content (AvgIpc) is 2.33. The fourth-order valence-electron chi connectivity index (χ4n) is 1.11. The van der Waals surface area contributed by atoms with E-state index in [0.29, 0.717) is 0 Å². The van der Waals surface area contributed by atoms with Crippen molar-refractivity contribution in [1.29, 1.82) is 0 Å². The molecule has 0 aliphatic carbocycles. The number of carbonyl (C=O) groups is 3. The summed E-state index contributed by atoms with van der Waals surface area (Å²) in [6, 6.07) is -1.65. The minimum absolute atomic E-state index is 0.103. The number of carboxylic acids is 1. The maximum Gasteiger partial charge on any atom is 0.326 e. The third-order valence-electron chi connectivity index (χ3n) is 1.99. The predicted octanol–water partition coefficient (Wildman–Crippen LogP) is -1.72. The maximum absolute atomic E-state index is 11.3. The van der Waals surface area contributed by atoms with E-state index in [4.69, 9.17) is 20.3 Å². The highest BCUT2D eigenvalue weighted by Gasteiger charge is 2.19. The molecule has 0 saturated heterocycles. The van der Waals surface area contributed by atoms with Crippen LogP contribution >= 0.6 is 0 Å². The minimum atomic E-state index is -1.14. The van der Waals surface area contributed by atoms with Crippen LogP contribution in [0.4, 0.5) is 4.79 Å². The van der Waals surface area contributed by atoms with Gasteiger partial charge in [0.1, 0.15) is 12.6 Å². The molecule has 9 nitrogen and oxygen atoms in total. The summed E-state index contributed by atoms with van der Waals surface area (Å²) in [5.74, 6) is -1.74. The zero-order valence-corrected chi connectivity index (χ0v) is 10.7. The van der Waals surface area contributed by atoms with Crippen molar-refractivity contribution in [3.63, 3.8) is 0 Å². The summed E-state index contributed by atoms with van der Waals surface area (Å²) in [5.41, 5.74) is 4.84. The van der Waals surface area contributed by atoms with Gasteiger partial charge in [0.25, 0.3) is 0 Å². The van der Waals surface area contributed by atoms with Crippen molar-refractivity contribution < 1.29 is 29.0 Å². The standard InChI is InChI=1S/C10H19N3O6/c1-18-4-2-7(9(15)16)13-10(17)12-3-5-19-6-8(11)14/h7H,2-6H2,1H3,(H2,11,14)(H,15,16)(H2,12,13,17). The number of urea groups is 1. The zero-order valence-electron chi connectivity index (χ0n) is 10.7. The second kappa shape index (κ2) is 10.1. The van der Waals surface area contributed by atoms with Crippen molar-refractivity contribution in [2.24, 2.45) is 5.73 Å². The van der Waals surface area contributed by atoms with Crippen LogP contribution in [0.2, 0.25) is 0 Å². The van der Waals surface area contributed by atoms with Gasteiger partial charge in [0.05, 0.1) is 6.61 Å². The average molecular weight is 277 g/mol. The lowest BCUT2D eigenvalue weighted by Gasteiger charge is -2.14. The molecule has 0 aliphatic heterocycles. The van der Waals surface area contributed by atoms with Gasteiger partial charge in [0, 0.05) is 26.7 Å². The van der Waals surface area contributed by atoms with Gasteiger partial charge >= 0.3 is 12.0 Å². The molecule has 0 aliphatic rings. The summed E-state index contributed by atoms with van der Waals surface area (Å²) in [6.07, 6.45) is 0.164. The Morgan fingerprint density at radius 3 is 2.53 bits per heavy atom. The molecule has 1 unspecified atom stereocenters. The topological polar surface area (TPSA) is 140 Å². The van der Waals surface area contributed by atoms with E-state index in [1.165, 1.54) is 7.11 Å². The summed E-state index contributed by atoms with van der Waals surface area (Å²) in [7, 11) is 1.44. The normalized spacial score (nSPS) is 11.6. The number of methoxy groups -OCH3 is 1. The Hall–Kier alpha value is -1.87. The number of rotatable bonds is 10. The molecule has 0 aromatic rings. The first-order valence-electron chi connectivity index (χ1n) is 5.59. The molecule has 1 atom stereocenters. The maximum atomic E-state index is 11.3. The van der Waals surface area contributed by atoms with Crippen LogP contribution in [0.1, 0.15) is 6.42 Å². The Kier molecular flexibility index (Phi) is 9.10. The number of primary amides is 1. The van der Waals surface area contributed by atoms with Crippen molar-refractivity contribution in [1.82, 2.24) is 10.6 Å². The Balaban J connectivity index is 3.80. The highest BCUT2D eigenvalue weighted by molar-refractivity contribution is 5.82. The first kappa shape index (κ1) is 17.1. The third-order valence-corrected chi connectivity index (χ3v) is 1.99. The van der Waals surface area contributed by atoms with E-state index in [1.807, 2.05) is 0 Å². The second-order valence-corrected chi connectivity index (χ2v) is 3.59. The molecule has 0 heterocycles. The van der Waals surface area contributed by atoms with Gasteiger partial charge in [0.2, 0.25) is 5.91 Å². The zero-order chi connectivity index (χ0) is 14.7. The predicted molar refractivity (Wildman–Crippen MR) is 64.5 cm³/mol. The van der Waals surface area contributed by atoms with Crippen LogP contribution in [0.15, 0.2) is 0 Å².